The summed E-state index contributed by atoms with van der Waals surface area (Å²) in [7, 11) is 0. The Morgan fingerprint density at radius 2 is 1.95 bits per heavy atom. The maximum atomic E-state index is 13.2. The van der Waals surface area contributed by atoms with Crippen LogP contribution < -0.4 is 10.2 Å². The molecule has 1 heterocycles. The van der Waals surface area contributed by atoms with E-state index in [1.807, 2.05) is 18.2 Å². The lowest BCUT2D eigenvalue weighted by Gasteiger charge is -2.43. The summed E-state index contributed by atoms with van der Waals surface area (Å²) in [4.78, 5) is 2.21. The molecule has 2 nitrogen and oxygen atoms in total. The Balaban J connectivity index is 1.89. The molecule has 2 aromatic rings. The molecule has 1 N–H and O–H groups in total. The first-order chi connectivity index (χ1) is 10.1. The number of nitrogens with zero attached hydrogens (tertiary/aromatic N) is 1. The lowest BCUT2D eigenvalue weighted by molar-refractivity contribution is 0.332. The van der Waals surface area contributed by atoms with Crippen LogP contribution in [0.15, 0.2) is 48.5 Å². The van der Waals surface area contributed by atoms with E-state index in [0.29, 0.717) is 5.02 Å². The molecule has 4 heteroatoms. The number of anilines is 1. The maximum Gasteiger partial charge on any atom is 0.124 e. The summed E-state index contributed by atoms with van der Waals surface area (Å²) < 4.78 is 13.2. The van der Waals surface area contributed by atoms with E-state index in [4.69, 9.17) is 11.6 Å². The maximum absolute atomic E-state index is 13.2. The monoisotopic (exact) mass is 304 g/mol. The molecule has 0 aromatic heterocycles. The third-order valence-corrected chi connectivity index (χ3v) is 4.37. The zero-order valence-corrected chi connectivity index (χ0v) is 12.7. The Hall–Kier alpha value is -1.58. The first-order valence-corrected chi connectivity index (χ1v) is 7.47. The number of halogens is 2. The highest BCUT2D eigenvalue weighted by Gasteiger charge is 2.32. The highest BCUT2D eigenvalue weighted by atomic mass is 35.5. The molecule has 21 heavy (non-hydrogen) atoms. The second-order valence-corrected chi connectivity index (χ2v) is 6.05. The average molecular weight is 305 g/mol. The summed E-state index contributed by atoms with van der Waals surface area (Å²) in [5.74, 6) is -0.301. The van der Waals surface area contributed by atoms with Crippen LogP contribution in [-0.2, 0) is 5.54 Å². The van der Waals surface area contributed by atoms with E-state index in [2.05, 4.69) is 29.3 Å². The Morgan fingerprint density at radius 3 is 2.67 bits per heavy atom. The van der Waals surface area contributed by atoms with Gasteiger partial charge in [-0.3, -0.25) is 0 Å². The van der Waals surface area contributed by atoms with Gasteiger partial charge in [0.15, 0.2) is 0 Å². The summed E-state index contributed by atoms with van der Waals surface area (Å²) in [5.41, 5.74) is 1.99. The van der Waals surface area contributed by atoms with Gasteiger partial charge in [-0.25, -0.2) is 4.39 Å². The first-order valence-electron chi connectivity index (χ1n) is 7.09. The molecule has 0 amide bonds. The van der Waals surface area contributed by atoms with Gasteiger partial charge in [0.1, 0.15) is 5.82 Å². The summed E-state index contributed by atoms with van der Waals surface area (Å²) in [5, 5.41) is 4.05. The van der Waals surface area contributed by atoms with E-state index in [1.165, 1.54) is 17.7 Å². The van der Waals surface area contributed by atoms with Crippen LogP contribution in [0.2, 0.25) is 5.02 Å². The van der Waals surface area contributed by atoms with Crippen LogP contribution in [0.4, 0.5) is 10.1 Å². The molecule has 1 aliphatic heterocycles. The summed E-state index contributed by atoms with van der Waals surface area (Å²) >= 11 is 6.20. The van der Waals surface area contributed by atoms with Gasteiger partial charge in [-0.1, -0.05) is 41.9 Å². The molecular weight excluding hydrogens is 287 g/mol. The minimum Gasteiger partial charge on any atom is -0.367 e. The van der Waals surface area contributed by atoms with Crippen molar-refractivity contribution < 1.29 is 4.39 Å². The lowest BCUT2D eigenvalue weighted by atomic mass is 9.89. The number of rotatable bonds is 2. The van der Waals surface area contributed by atoms with E-state index < -0.39 is 0 Å². The Kier molecular flexibility index (Phi) is 3.87. The quantitative estimate of drug-likeness (QED) is 0.908. The van der Waals surface area contributed by atoms with Gasteiger partial charge in [0.05, 0.1) is 16.2 Å². The molecule has 1 unspecified atom stereocenters. The van der Waals surface area contributed by atoms with Crippen LogP contribution in [0.3, 0.4) is 0 Å². The van der Waals surface area contributed by atoms with Gasteiger partial charge in [0.25, 0.3) is 0 Å². The largest absolute Gasteiger partial charge is 0.367 e. The normalized spacial score (nSPS) is 22.3. The molecule has 0 bridgehead atoms. The third kappa shape index (κ3) is 2.89. The molecule has 1 saturated heterocycles. The van der Waals surface area contributed by atoms with E-state index in [1.54, 1.807) is 6.07 Å². The van der Waals surface area contributed by atoms with Gasteiger partial charge < -0.3 is 10.2 Å². The molecule has 1 aliphatic rings. The second kappa shape index (κ2) is 5.66. The highest BCUT2D eigenvalue weighted by Crippen LogP contribution is 2.32. The van der Waals surface area contributed by atoms with Crippen molar-refractivity contribution in [1.82, 2.24) is 5.32 Å². The first kappa shape index (κ1) is 14.4. The smallest absolute Gasteiger partial charge is 0.124 e. The fraction of sp³-hybridized carbons (Fsp3) is 0.294. The lowest BCUT2D eigenvalue weighted by Crippen LogP contribution is -2.56. The van der Waals surface area contributed by atoms with Crippen LogP contribution in [0.5, 0.6) is 0 Å². The van der Waals surface area contributed by atoms with E-state index in [9.17, 15) is 4.39 Å². The molecule has 110 valence electrons. The fourth-order valence-corrected chi connectivity index (χ4v) is 3.21. The van der Waals surface area contributed by atoms with Crippen molar-refractivity contribution in [2.45, 2.75) is 12.5 Å². The van der Waals surface area contributed by atoms with Crippen LogP contribution in [0.25, 0.3) is 0 Å². The van der Waals surface area contributed by atoms with E-state index in [0.717, 1.165) is 25.3 Å². The van der Waals surface area contributed by atoms with Crippen molar-refractivity contribution >= 4 is 17.3 Å². The summed E-state index contributed by atoms with van der Waals surface area (Å²) in [6.45, 7) is 4.70. The van der Waals surface area contributed by atoms with Crippen LogP contribution >= 0.6 is 11.6 Å². The van der Waals surface area contributed by atoms with E-state index >= 15 is 0 Å². The van der Waals surface area contributed by atoms with E-state index in [-0.39, 0.29) is 11.4 Å². The third-order valence-electron chi connectivity index (χ3n) is 4.07. The zero-order chi connectivity index (χ0) is 14.9. The molecule has 0 radical (unpaired) electrons. The molecule has 1 fully saturated rings. The number of piperazine rings is 1. The minimum atomic E-state index is -0.301. The van der Waals surface area contributed by atoms with Crippen LogP contribution in [-0.4, -0.2) is 19.6 Å². The van der Waals surface area contributed by atoms with Crippen molar-refractivity contribution in [1.29, 1.82) is 0 Å². The standard InChI is InChI=1S/C17H18ClFN2/c1-17(13-5-3-2-4-6-13)12-21(10-9-20-17)16-8-7-14(19)11-15(16)18/h2-8,11,20H,9-10,12H2,1H3. The topological polar surface area (TPSA) is 15.3 Å². The summed E-state index contributed by atoms with van der Waals surface area (Å²) in [6.07, 6.45) is 0. The molecule has 1 atom stereocenters. The Labute approximate surface area is 129 Å². The molecular formula is C17H18ClFN2. The van der Waals surface area contributed by atoms with Crippen LogP contribution in [0, 0.1) is 5.82 Å². The molecule has 0 spiro atoms. The number of nitrogens with one attached hydrogen (secondary N) is 1. The molecule has 0 aliphatic carbocycles. The predicted molar refractivity (Wildman–Crippen MR) is 85.4 cm³/mol. The number of benzene rings is 2. The Morgan fingerprint density at radius 1 is 1.19 bits per heavy atom. The van der Waals surface area contributed by atoms with Crippen molar-refractivity contribution in [2.24, 2.45) is 0 Å². The number of hydrogen-bond donors (Lipinski definition) is 1. The molecule has 3 rings (SSSR count). The van der Waals surface area contributed by atoms with Gasteiger partial charge in [-0.15, -0.1) is 0 Å². The Bertz CT molecular complexity index is 632. The average Bonchev–Trinajstić information content (AvgIpc) is 2.48. The summed E-state index contributed by atoms with van der Waals surface area (Å²) in [6, 6.07) is 15.0. The van der Waals surface area contributed by atoms with Gasteiger partial charge in [-0.05, 0) is 30.7 Å². The minimum absolute atomic E-state index is 0.142. The molecule has 0 saturated carbocycles. The SMILES string of the molecule is CC1(c2ccccc2)CN(c2ccc(F)cc2Cl)CCN1. The second-order valence-electron chi connectivity index (χ2n) is 5.64. The fourth-order valence-electron chi connectivity index (χ4n) is 2.93. The van der Waals surface area contributed by atoms with Crippen molar-refractivity contribution in [3.05, 3.63) is 64.9 Å². The highest BCUT2D eigenvalue weighted by molar-refractivity contribution is 6.33. The molecule has 2 aromatic carbocycles. The predicted octanol–water partition coefficient (Wildman–Crippen LogP) is 3.80. The van der Waals surface area contributed by atoms with Crippen LogP contribution in [0.1, 0.15) is 12.5 Å². The van der Waals surface area contributed by atoms with Crippen molar-refractivity contribution in [3.8, 4) is 0 Å². The number of hydrogen-bond acceptors (Lipinski definition) is 2. The van der Waals surface area contributed by atoms with Crippen molar-refractivity contribution in [2.75, 3.05) is 24.5 Å². The van der Waals surface area contributed by atoms with Gasteiger partial charge in [0.2, 0.25) is 0 Å². The van der Waals surface area contributed by atoms with Crippen molar-refractivity contribution in [3.63, 3.8) is 0 Å². The van der Waals surface area contributed by atoms with Gasteiger partial charge in [0, 0.05) is 19.6 Å². The van der Waals surface area contributed by atoms with Gasteiger partial charge in [-0.2, -0.15) is 0 Å². The zero-order valence-electron chi connectivity index (χ0n) is 11.9. The van der Waals surface area contributed by atoms with Gasteiger partial charge >= 0.3 is 0 Å².